The van der Waals surface area contributed by atoms with Gasteiger partial charge in [0.15, 0.2) is 0 Å². The molecule has 0 fully saturated rings. The van der Waals surface area contributed by atoms with Crippen molar-refractivity contribution < 1.29 is 14.6 Å². The Kier molecular flexibility index (Phi) is 5.00. The van der Waals surface area contributed by atoms with E-state index in [2.05, 4.69) is 31.2 Å². The van der Waals surface area contributed by atoms with E-state index in [9.17, 15) is 5.11 Å². The lowest BCUT2D eigenvalue weighted by atomic mass is 9.70. The first-order valence-corrected chi connectivity index (χ1v) is 7.80. The highest BCUT2D eigenvalue weighted by Gasteiger charge is 2.34. The number of ether oxygens (including phenoxy) is 2. The molecule has 0 saturated heterocycles. The van der Waals surface area contributed by atoms with Crippen molar-refractivity contribution in [1.29, 1.82) is 0 Å². The summed E-state index contributed by atoms with van der Waals surface area (Å²) >= 11 is 0. The van der Waals surface area contributed by atoms with E-state index in [1.54, 1.807) is 14.2 Å². The molecule has 0 unspecified atom stereocenters. The average Bonchev–Trinajstić information content (AvgIpc) is 2.53. The van der Waals surface area contributed by atoms with E-state index in [1.807, 2.05) is 38.1 Å². The van der Waals surface area contributed by atoms with E-state index in [4.69, 9.17) is 9.47 Å². The zero-order valence-electron chi connectivity index (χ0n) is 14.6. The number of hydrogen-bond acceptors (Lipinski definition) is 3. The largest absolute Gasteiger partial charge is 0.497 e. The number of rotatable bonds is 6. The van der Waals surface area contributed by atoms with Gasteiger partial charge in [-0.15, -0.1) is 0 Å². The maximum atomic E-state index is 10.4. The van der Waals surface area contributed by atoms with Gasteiger partial charge in [-0.1, -0.05) is 31.2 Å². The number of aliphatic hydroxyl groups is 1. The fourth-order valence-electron chi connectivity index (χ4n) is 3.15. The summed E-state index contributed by atoms with van der Waals surface area (Å²) in [4.78, 5) is 0. The van der Waals surface area contributed by atoms with Gasteiger partial charge in [0, 0.05) is 5.41 Å². The molecule has 0 aliphatic carbocycles. The van der Waals surface area contributed by atoms with Crippen LogP contribution in [0.3, 0.4) is 0 Å². The lowest BCUT2D eigenvalue weighted by Crippen LogP contribution is -2.34. The molecule has 1 N–H and O–H groups in total. The third-order valence-electron chi connectivity index (χ3n) is 4.24. The van der Waals surface area contributed by atoms with Crippen LogP contribution >= 0.6 is 0 Å². The summed E-state index contributed by atoms with van der Waals surface area (Å²) in [6.45, 7) is 5.85. The molecule has 0 aliphatic heterocycles. The lowest BCUT2D eigenvalue weighted by molar-refractivity contribution is 0.0535. The molecule has 3 nitrogen and oxygen atoms in total. The first-order chi connectivity index (χ1) is 10.8. The quantitative estimate of drug-likeness (QED) is 0.869. The van der Waals surface area contributed by atoms with Crippen LogP contribution in [0.25, 0.3) is 0 Å². The standard InChI is InChI=1S/C20H26O3/c1-19(2,21)14-20(3,15-6-10-17(22-4)11-7-15)16-8-12-18(23-5)13-9-16/h6-13,21H,14H2,1-5H3. The Morgan fingerprint density at radius 2 is 1.09 bits per heavy atom. The van der Waals surface area contributed by atoms with Crippen LogP contribution in [0.5, 0.6) is 11.5 Å². The molecule has 2 aromatic rings. The van der Waals surface area contributed by atoms with E-state index in [0.29, 0.717) is 6.42 Å². The van der Waals surface area contributed by atoms with E-state index in [-0.39, 0.29) is 5.41 Å². The fourth-order valence-corrected chi connectivity index (χ4v) is 3.15. The molecule has 0 aliphatic rings. The van der Waals surface area contributed by atoms with Crippen molar-refractivity contribution >= 4 is 0 Å². The normalized spacial score (nSPS) is 12.1. The van der Waals surface area contributed by atoms with Crippen LogP contribution in [0.4, 0.5) is 0 Å². The summed E-state index contributed by atoms with van der Waals surface area (Å²) in [6, 6.07) is 16.1. The molecule has 0 heterocycles. The van der Waals surface area contributed by atoms with Crippen molar-refractivity contribution in [2.45, 2.75) is 38.2 Å². The summed E-state index contributed by atoms with van der Waals surface area (Å²) in [5, 5.41) is 10.4. The van der Waals surface area contributed by atoms with Gasteiger partial charge in [-0.25, -0.2) is 0 Å². The van der Waals surface area contributed by atoms with E-state index >= 15 is 0 Å². The van der Waals surface area contributed by atoms with Crippen LogP contribution < -0.4 is 9.47 Å². The monoisotopic (exact) mass is 314 g/mol. The molecular weight excluding hydrogens is 288 g/mol. The maximum absolute atomic E-state index is 10.4. The highest BCUT2D eigenvalue weighted by atomic mass is 16.5. The Bertz CT molecular complexity index is 574. The second-order valence-corrected chi connectivity index (χ2v) is 6.78. The third kappa shape index (κ3) is 4.05. The van der Waals surface area contributed by atoms with Gasteiger partial charge in [-0.3, -0.25) is 0 Å². The van der Waals surface area contributed by atoms with Gasteiger partial charge in [0.1, 0.15) is 11.5 Å². The Labute approximate surface area is 138 Å². The molecule has 2 aromatic carbocycles. The highest BCUT2D eigenvalue weighted by molar-refractivity contribution is 5.43. The van der Waals surface area contributed by atoms with Gasteiger partial charge >= 0.3 is 0 Å². The minimum absolute atomic E-state index is 0.309. The molecule has 0 atom stereocenters. The van der Waals surface area contributed by atoms with E-state index in [1.165, 1.54) is 0 Å². The molecule has 0 spiro atoms. The van der Waals surface area contributed by atoms with E-state index in [0.717, 1.165) is 22.6 Å². The third-order valence-corrected chi connectivity index (χ3v) is 4.24. The topological polar surface area (TPSA) is 38.7 Å². The van der Waals surface area contributed by atoms with Crippen LogP contribution in [0, 0.1) is 0 Å². The summed E-state index contributed by atoms with van der Waals surface area (Å²) in [7, 11) is 3.32. The smallest absolute Gasteiger partial charge is 0.118 e. The minimum Gasteiger partial charge on any atom is -0.497 e. The van der Waals surface area contributed by atoms with Crippen molar-refractivity contribution in [3.63, 3.8) is 0 Å². The molecule has 3 heteroatoms. The van der Waals surface area contributed by atoms with Crippen LogP contribution in [0.2, 0.25) is 0 Å². The molecule has 0 saturated carbocycles. The molecular formula is C20H26O3. The summed E-state index contributed by atoms with van der Waals surface area (Å²) in [5.41, 5.74) is 1.20. The van der Waals surface area contributed by atoms with Crippen LogP contribution in [0.15, 0.2) is 48.5 Å². The van der Waals surface area contributed by atoms with Gasteiger partial charge in [0.05, 0.1) is 19.8 Å². The Morgan fingerprint density at radius 1 is 0.739 bits per heavy atom. The molecule has 124 valence electrons. The Morgan fingerprint density at radius 3 is 1.35 bits per heavy atom. The predicted octanol–water partition coefficient (Wildman–Crippen LogP) is 4.17. The van der Waals surface area contributed by atoms with Gasteiger partial charge in [0.25, 0.3) is 0 Å². The minimum atomic E-state index is -0.783. The molecule has 23 heavy (non-hydrogen) atoms. The maximum Gasteiger partial charge on any atom is 0.118 e. The fraction of sp³-hybridized carbons (Fsp3) is 0.400. The number of methoxy groups -OCH3 is 2. The van der Waals surface area contributed by atoms with Crippen LogP contribution in [0.1, 0.15) is 38.3 Å². The average molecular weight is 314 g/mol. The molecule has 0 aromatic heterocycles. The van der Waals surface area contributed by atoms with Gasteiger partial charge in [-0.2, -0.15) is 0 Å². The van der Waals surface area contributed by atoms with Gasteiger partial charge in [0.2, 0.25) is 0 Å². The van der Waals surface area contributed by atoms with Crippen molar-refractivity contribution in [1.82, 2.24) is 0 Å². The Balaban J connectivity index is 2.49. The zero-order valence-corrected chi connectivity index (χ0v) is 14.6. The zero-order chi connectivity index (χ0) is 17.1. The lowest BCUT2D eigenvalue weighted by Gasteiger charge is -2.36. The molecule has 0 bridgehead atoms. The first kappa shape index (κ1) is 17.4. The van der Waals surface area contributed by atoms with E-state index < -0.39 is 5.60 Å². The Hall–Kier alpha value is -2.00. The second kappa shape index (κ2) is 6.63. The number of hydrogen-bond donors (Lipinski definition) is 1. The molecule has 2 rings (SSSR count). The molecule has 0 amide bonds. The van der Waals surface area contributed by atoms with Crippen molar-refractivity contribution in [2.75, 3.05) is 14.2 Å². The van der Waals surface area contributed by atoms with Crippen LogP contribution in [-0.4, -0.2) is 24.9 Å². The van der Waals surface area contributed by atoms with Gasteiger partial charge < -0.3 is 14.6 Å². The SMILES string of the molecule is COc1ccc(C(C)(CC(C)(C)O)c2ccc(OC)cc2)cc1. The van der Waals surface area contributed by atoms with Crippen LogP contribution in [-0.2, 0) is 5.41 Å². The number of benzene rings is 2. The first-order valence-electron chi connectivity index (χ1n) is 7.80. The van der Waals surface area contributed by atoms with Crippen molar-refractivity contribution in [2.24, 2.45) is 0 Å². The summed E-state index contributed by atoms with van der Waals surface area (Å²) in [5.74, 6) is 1.66. The predicted molar refractivity (Wildman–Crippen MR) is 93.4 cm³/mol. The van der Waals surface area contributed by atoms with Crippen molar-refractivity contribution in [3.05, 3.63) is 59.7 Å². The van der Waals surface area contributed by atoms with Crippen molar-refractivity contribution in [3.8, 4) is 11.5 Å². The molecule has 0 radical (unpaired) electrons. The highest BCUT2D eigenvalue weighted by Crippen LogP contribution is 2.40. The summed E-state index contributed by atoms with van der Waals surface area (Å²) in [6.07, 6.45) is 0.610. The van der Waals surface area contributed by atoms with Gasteiger partial charge in [-0.05, 0) is 55.7 Å². The second-order valence-electron chi connectivity index (χ2n) is 6.78. The summed E-state index contributed by atoms with van der Waals surface area (Å²) < 4.78 is 10.5.